The molecule has 1 atom stereocenters. The number of hydrogen-bond acceptors (Lipinski definition) is 3. The van der Waals surface area contributed by atoms with Gasteiger partial charge in [0, 0.05) is 29.1 Å². The van der Waals surface area contributed by atoms with Gasteiger partial charge in [-0.25, -0.2) is 9.97 Å². The van der Waals surface area contributed by atoms with Gasteiger partial charge >= 0.3 is 0 Å². The lowest BCUT2D eigenvalue weighted by Gasteiger charge is -2.24. The van der Waals surface area contributed by atoms with Gasteiger partial charge in [-0.1, -0.05) is 30.3 Å². The van der Waals surface area contributed by atoms with Gasteiger partial charge in [0.25, 0.3) is 0 Å². The highest BCUT2D eigenvalue weighted by Crippen LogP contribution is 2.28. The Hall–Kier alpha value is -1.74. The highest BCUT2D eigenvalue weighted by Gasteiger charge is 2.20. The molecular formula is C15H17N3. The number of hydrogen-bond donors (Lipinski definition) is 1. The molecule has 1 aromatic heterocycles. The number of nitrogens with one attached hydrogen (secondary N) is 1. The smallest absolute Gasteiger partial charge is 0.159 e. The Balaban J connectivity index is 2.01. The van der Waals surface area contributed by atoms with Crippen LogP contribution < -0.4 is 5.32 Å². The van der Waals surface area contributed by atoms with Gasteiger partial charge in [-0.2, -0.15) is 0 Å². The first-order valence-corrected chi connectivity index (χ1v) is 6.47. The summed E-state index contributed by atoms with van der Waals surface area (Å²) in [6, 6.07) is 10.6. The van der Waals surface area contributed by atoms with Gasteiger partial charge in [0.2, 0.25) is 0 Å². The number of benzene rings is 1. The predicted molar refractivity (Wildman–Crippen MR) is 72.2 cm³/mol. The zero-order valence-corrected chi connectivity index (χ0v) is 10.6. The van der Waals surface area contributed by atoms with Crippen LogP contribution in [0.1, 0.15) is 30.1 Å². The summed E-state index contributed by atoms with van der Waals surface area (Å²) in [7, 11) is 2.00. The minimum atomic E-state index is 0.415. The molecule has 3 rings (SSSR count). The molecule has 2 aromatic rings. The van der Waals surface area contributed by atoms with Crippen LogP contribution in [0.25, 0.3) is 11.4 Å². The van der Waals surface area contributed by atoms with Gasteiger partial charge in [-0.15, -0.1) is 0 Å². The van der Waals surface area contributed by atoms with E-state index in [4.69, 9.17) is 4.98 Å². The first-order valence-electron chi connectivity index (χ1n) is 6.47. The Morgan fingerprint density at radius 1 is 1.22 bits per heavy atom. The third-order valence-corrected chi connectivity index (χ3v) is 3.56. The first kappa shape index (κ1) is 11.4. The molecule has 1 heterocycles. The van der Waals surface area contributed by atoms with Gasteiger partial charge in [0.05, 0.1) is 0 Å². The number of aromatic nitrogens is 2. The van der Waals surface area contributed by atoms with Crippen LogP contribution in [0.4, 0.5) is 0 Å². The highest BCUT2D eigenvalue weighted by atomic mass is 14.9. The van der Waals surface area contributed by atoms with Crippen molar-refractivity contribution in [2.75, 3.05) is 7.05 Å². The minimum absolute atomic E-state index is 0.415. The van der Waals surface area contributed by atoms with Gasteiger partial charge in [-0.05, 0) is 26.3 Å². The van der Waals surface area contributed by atoms with E-state index in [1.807, 2.05) is 31.4 Å². The van der Waals surface area contributed by atoms with Crippen molar-refractivity contribution < 1.29 is 0 Å². The lowest BCUT2D eigenvalue weighted by atomic mass is 9.92. The molecule has 0 fully saturated rings. The van der Waals surface area contributed by atoms with Gasteiger partial charge in [-0.3, -0.25) is 0 Å². The zero-order chi connectivity index (χ0) is 12.4. The van der Waals surface area contributed by atoms with Crippen molar-refractivity contribution in [1.82, 2.24) is 15.3 Å². The SMILES string of the molecule is CNC1CCCc2nc(-c3ccccc3)ncc21. The van der Waals surface area contributed by atoms with Crippen LogP contribution in [-0.2, 0) is 6.42 Å². The van der Waals surface area contributed by atoms with E-state index in [1.165, 1.54) is 24.1 Å². The number of nitrogens with zero attached hydrogens (tertiary/aromatic N) is 2. The summed E-state index contributed by atoms with van der Waals surface area (Å²) < 4.78 is 0. The molecule has 1 N–H and O–H groups in total. The van der Waals surface area contributed by atoms with Crippen LogP contribution in [0.15, 0.2) is 36.5 Å². The molecule has 18 heavy (non-hydrogen) atoms. The van der Waals surface area contributed by atoms with E-state index in [-0.39, 0.29) is 0 Å². The van der Waals surface area contributed by atoms with E-state index in [0.29, 0.717) is 6.04 Å². The molecule has 0 spiro atoms. The molecule has 0 saturated heterocycles. The fourth-order valence-electron chi connectivity index (χ4n) is 2.57. The fraction of sp³-hybridized carbons (Fsp3) is 0.333. The van der Waals surface area contributed by atoms with Crippen LogP contribution in [-0.4, -0.2) is 17.0 Å². The maximum atomic E-state index is 4.73. The summed E-state index contributed by atoms with van der Waals surface area (Å²) in [5, 5.41) is 3.34. The monoisotopic (exact) mass is 239 g/mol. The molecule has 1 unspecified atom stereocenters. The zero-order valence-electron chi connectivity index (χ0n) is 10.6. The van der Waals surface area contributed by atoms with Crippen molar-refractivity contribution in [2.24, 2.45) is 0 Å². The second-order valence-electron chi connectivity index (χ2n) is 4.70. The van der Waals surface area contributed by atoms with E-state index < -0.39 is 0 Å². The maximum absolute atomic E-state index is 4.73. The molecule has 1 aromatic carbocycles. The molecule has 3 heteroatoms. The topological polar surface area (TPSA) is 37.8 Å². The van der Waals surface area contributed by atoms with Crippen molar-refractivity contribution in [3.8, 4) is 11.4 Å². The molecular weight excluding hydrogens is 222 g/mol. The highest BCUT2D eigenvalue weighted by molar-refractivity contribution is 5.54. The van der Waals surface area contributed by atoms with E-state index in [2.05, 4.69) is 22.4 Å². The van der Waals surface area contributed by atoms with E-state index in [1.54, 1.807) is 0 Å². The Kier molecular flexibility index (Phi) is 3.07. The first-order chi connectivity index (χ1) is 8.88. The Labute approximate surface area is 107 Å². The van der Waals surface area contributed by atoms with Gasteiger partial charge in [0.15, 0.2) is 5.82 Å². The van der Waals surface area contributed by atoms with Gasteiger partial charge in [0.1, 0.15) is 0 Å². The molecule has 3 nitrogen and oxygen atoms in total. The number of rotatable bonds is 2. The molecule has 0 radical (unpaired) electrons. The van der Waals surface area contributed by atoms with Gasteiger partial charge < -0.3 is 5.32 Å². The number of aryl methyl sites for hydroxylation is 1. The lowest BCUT2D eigenvalue weighted by molar-refractivity contribution is 0.488. The van der Waals surface area contributed by atoms with Crippen molar-refractivity contribution in [1.29, 1.82) is 0 Å². The average molecular weight is 239 g/mol. The molecule has 1 aliphatic carbocycles. The Morgan fingerprint density at radius 3 is 2.83 bits per heavy atom. The average Bonchev–Trinajstić information content (AvgIpc) is 2.47. The number of fused-ring (bicyclic) bond motifs is 1. The second kappa shape index (κ2) is 4.86. The van der Waals surface area contributed by atoms with E-state index in [9.17, 15) is 0 Å². The maximum Gasteiger partial charge on any atom is 0.159 e. The third kappa shape index (κ3) is 2.02. The summed E-state index contributed by atoms with van der Waals surface area (Å²) in [6.45, 7) is 0. The van der Waals surface area contributed by atoms with Crippen molar-refractivity contribution in [3.63, 3.8) is 0 Å². The molecule has 1 aliphatic rings. The molecule has 0 saturated carbocycles. The van der Waals surface area contributed by atoms with E-state index in [0.717, 1.165) is 17.8 Å². The van der Waals surface area contributed by atoms with Crippen LogP contribution >= 0.6 is 0 Å². The standard InChI is InChI=1S/C15H17N3/c1-16-13-8-5-9-14-12(13)10-17-15(18-14)11-6-3-2-4-7-11/h2-4,6-7,10,13,16H,5,8-9H2,1H3. The molecule has 0 bridgehead atoms. The molecule has 0 amide bonds. The Bertz CT molecular complexity index is 537. The van der Waals surface area contributed by atoms with Crippen LogP contribution in [0.5, 0.6) is 0 Å². The lowest BCUT2D eigenvalue weighted by Crippen LogP contribution is -2.22. The van der Waals surface area contributed by atoms with Crippen molar-refractivity contribution >= 4 is 0 Å². The third-order valence-electron chi connectivity index (χ3n) is 3.56. The Morgan fingerprint density at radius 2 is 2.06 bits per heavy atom. The summed E-state index contributed by atoms with van der Waals surface area (Å²) in [5.41, 5.74) is 3.56. The molecule has 0 aliphatic heterocycles. The largest absolute Gasteiger partial charge is 0.313 e. The summed E-state index contributed by atoms with van der Waals surface area (Å²) >= 11 is 0. The fourth-order valence-corrected chi connectivity index (χ4v) is 2.57. The molecule has 92 valence electrons. The quantitative estimate of drug-likeness (QED) is 0.875. The second-order valence-corrected chi connectivity index (χ2v) is 4.70. The van der Waals surface area contributed by atoms with E-state index >= 15 is 0 Å². The van der Waals surface area contributed by atoms with Crippen LogP contribution in [0, 0.1) is 0 Å². The normalized spacial score (nSPS) is 18.4. The predicted octanol–water partition coefficient (Wildman–Crippen LogP) is 2.74. The summed E-state index contributed by atoms with van der Waals surface area (Å²) in [5.74, 6) is 0.839. The van der Waals surface area contributed by atoms with Crippen molar-refractivity contribution in [2.45, 2.75) is 25.3 Å². The van der Waals surface area contributed by atoms with Crippen molar-refractivity contribution in [3.05, 3.63) is 47.8 Å². The van der Waals surface area contributed by atoms with Crippen LogP contribution in [0.3, 0.4) is 0 Å². The summed E-state index contributed by atoms with van der Waals surface area (Å²) in [6.07, 6.45) is 5.43. The minimum Gasteiger partial charge on any atom is -0.313 e. The summed E-state index contributed by atoms with van der Waals surface area (Å²) in [4.78, 5) is 9.24. The van der Waals surface area contributed by atoms with Crippen LogP contribution in [0.2, 0.25) is 0 Å².